The number of fused-ring (bicyclic) bond motifs is 1. The van der Waals surface area contributed by atoms with Gasteiger partial charge >= 0.3 is 6.18 Å². The lowest BCUT2D eigenvalue weighted by atomic mass is 9.98. The Morgan fingerprint density at radius 1 is 1.03 bits per heavy atom. The highest BCUT2D eigenvalue weighted by molar-refractivity contribution is 5.58. The molecule has 0 spiro atoms. The van der Waals surface area contributed by atoms with Crippen LogP contribution in [0.4, 0.5) is 19.0 Å². The van der Waals surface area contributed by atoms with Crippen molar-refractivity contribution in [2.24, 2.45) is 11.8 Å². The highest BCUT2D eigenvalue weighted by atomic mass is 19.4. The molecule has 3 heterocycles. The molecule has 1 aromatic carbocycles. The number of H-pyrrole nitrogens is 1. The first-order valence-corrected chi connectivity index (χ1v) is 10.6. The van der Waals surface area contributed by atoms with Gasteiger partial charge in [0.15, 0.2) is 0 Å². The monoisotopic (exact) mass is 427 g/mol. The fourth-order valence-electron chi connectivity index (χ4n) is 4.91. The molecule has 0 bridgehead atoms. The van der Waals surface area contributed by atoms with Gasteiger partial charge in [0.2, 0.25) is 0 Å². The molecule has 2 fully saturated rings. The number of nitrogens with zero attached hydrogens (tertiary/aromatic N) is 3. The summed E-state index contributed by atoms with van der Waals surface area (Å²) >= 11 is 0. The summed E-state index contributed by atoms with van der Waals surface area (Å²) in [6.45, 7) is 2.13. The van der Waals surface area contributed by atoms with Crippen molar-refractivity contribution in [1.82, 2.24) is 20.3 Å². The highest BCUT2D eigenvalue weighted by Gasteiger charge is 2.43. The lowest BCUT2D eigenvalue weighted by Gasteiger charge is -2.22. The average molecular weight is 427 g/mol. The van der Waals surface area contributed by atoms with Crippen LogP contribution in [0.15, 0.2) is 54.7 Å². The summed E-state index contributed by atoms with van der Waals surface area (Å²) in [7, 11) is 0. The van der Waals surface area contributed by atoms with E-state index in [0.29, 0.717) is 30.2 Å². The first kappa shape index (κ1) is 20.1. The van der Waals surface area contributed by atoms with Crippen molar-refractivity contribution in [3.05, 3.63) is 66.2 Å². The first-order valence-electron chi connectivity index (χ1n) is 10.6. The summed E-state index contributed by atoms with van der Waals surface area (Å²) in [5.74, 6) is 2.18. The predicted octanol–water partition coefficient (Wildman–Crippen LogP) is 4.50. The minimum atomic E-state index is -4.42. The molecule has 5 rings (SSSR count). The Kier molecular flexibility index (Phi) is 5.17. The molecular formula is C23H24F3N5. The molecule has 0 amide bonds. The minimum Gasteiger partial charge on any atom is -0.356 e. The summed E-state index contributed by atoms with van der Waals surface area (Å²) in [4.78, 5) is 13.7. The fourth-order valence-corrected chi connectivity index (χ4v) is 4.91. The molecule has 31 heavy (non-hydrogen) atoms. The van der Waals surface area contributed by atoms with Crippen LogP contribution in [0.1, 0.15) is 24.4 Å². The summed E-state index contributed by atoms with van der Waals surface area (Å²) in [5, 5.41) is 3.62. The van der Waals surface area contributed by atoms with E-state index in [2.05, 4.69) is 20.3 Å². The van der Waals surface area contributed by atoms with Gasteiger partial charge in [-0.25, -0.2) is 9.97 Å². The van der Waals surface area contributed by atoms with Gasteiger partial charge in [0.25, 0.3) is 0 Å². The second kappa shape index (κ2) is 8.00. The van der Waals surface area contributed by atoms with Crippen LogP contribution in [-0.4, -0.2) is 34.1 Å². The van der Waals surface area contributed by atoms with Crippen molar-refractivity contribution in [3.63, 3.8) is 0 Å². The van der Waals surface area contributed by atoms with Crippen molar-refractivity contribution in [2.75, 3.05) is 18.0 Å². The largest absolute Gasteiger partial charge is 0.433 e. The van der Waals surface area contributed by atoms with Gasteiger partial charge in [-0.05, 0) is 42.4 Å². The van der Waals surface area contributed by atoms with Crippen molar-refractivity contribution in [2.45, 2.75) is 31.6 Å². The van der Waals surface area contributed by atoms with Crippen LogP contribution in [0.3, 0.4) is 0 Å². The molecule has 0 radical (unpaired) electrons. The summed E-state index contributed by atoms with van der Waals surface area (Å²) in [6, 6.07) is 14.5. The van der Waals surface area contributed by atoms with Gasteiger partial charge in [-0.15, -0.1) is 0 Å². The van der Waals surface area contributed by atoms with E-state index in [1.165, 1.54) is 6.07 Å². The SMILES string of the molecule is FC(F)(F)c1cccc(N2CC3CCC(NCc4ncc(-c5ccccc5)[nH]4)C3C2)n1. The molecule has 5 nitrogen and oxygen atoms in total. The van der Waals surface area contributed by atoms with E-state index in [1.54, 1.807) is 6.07 Å². The number of rotatable bonds is 5. The number of aromatic nitrogens is 3. The van der Waals surface area contributed by atoms with Gasteiger partial charge in [-0.2, -0.15) is 13.2 Å². The Morgan fingerprint density at radius 3 is 2.68 bits per heavy atom. The fraction of sp³-hybridized carbons (Fsp3) is 0.391. The molecule has 2 aliphatic rings. The number of anilines is 1. The van der Waals surface area contributed by atoms with Gasteiger partial charge in [-0.1, -0.05) is 36.4 Å². The third-order valence-electron chi connectivity index (χ3n) is 6.45. The first-order chi connectivity index (χ1) is 15.0. The number of aromatic amines is 1. The third kappa shape index (κ3) is 4.17. The second-order valence-electron chi connectivity index (χ2n) is 8.38. The van der Waals surface area contributed by atoms with Crippen LogP contribution in [0, 0.1) is 11.8 Å². The zero-order valence-corrected chi connectivity index (χ0v) is 16.9. The molecule has 8 heteroatoms. The van der Waals surface area contributed by atoms with E-state index >= 15 is 0 Å². The molecular weight excluding hydrogens is 403 g/mol. The van der Waals surface area contributed by atoms with Crippen molar-refractivity contribution in [3.8, 4) is 11.3 Å². The van der Waals surface area contributed by atoms with Crippen LogP contribution in [0.5, 0.6) is 0 Å². The normalized spacial score (nSPS) is 23.3. The van der Waals surface area contributed by atoms with Crippen LogP contribution in [-0.2, 0) is 12.7 Å². The van der Waals surface area contributed by atoms with E-state index in [1.807, 2.05) is 41.4 Å². The maximum atomic E-state index is 13.0. The minimum absolute atomic E-state index is 0.325. The zero-order chi connectivity index (χ0) is 21.4. The predicted molar refractivity (Wildman–Crippen MR) is 112 cm³/mol. The summed E-state index contributed by atoms with van der Waals surface area (Å²) < 4.78 is 39.1. The molecule has 1 aliphatic carbocycles. The van der Waals surface area contributed by atoms with Crippen LogP contribution >= 0.6 is 0 Å². The van der Waals surface area contributed by atoms with Gasteiger partial charge in [-0.3, -0.25) is 0 Å². The highest BCUT2D eigenvalue weighted by Crippen LogP contribution is 2.40. The number of pyridine rings is 1. The lowest BCUT2D eigenvalue weighted by Crippen LogP contribution is -2.35. The summed E-state index contributed by atoms with van der Waals surface area (Å²) in [5.41, 5.74) is 1.26. The third-order valence-corrected chi connectivity index (χ3v) is 6.45. The van der Waals surface area contributed by atoms with Crippen LogP contribution < -0.4 is 10.2 Å². The quantitative estimate of drug-likeness (QED) is 0.630. The van der Waals surface area contributed by atoms with E-state index in [4.69, 9.17) is 0 Å². The maximum Gasteiger partial charge on any atom is 0.433 e. The average Bonchev–Trinajstić information content (AvgIpc) is 3.49. The molecule has 3 unspecified atom stereocenters. The Labute approximate surface area is 178 Å². The molecule has 3 aromatic rings. The Hall–Kier alpha value is -2.87. The van der Waals surface area contributed by atoms with Gasteiger partial charge in [0.1, 0.15) is 17.3 Å². The van der Waals surface area contributed by atoms with E-state index < -0.39 is 11.9 Å². The maximum absolute atomic E-state index is 13.0. The number of hydrogen-bond acceptors (Lipinski definition) is 4. The van der Waals surface area contributed by atoms with Crippen LogP contribution in [0.2, 0.25) is 0 Å². The number of alkyl halides is 3. The van der Waals surface area contributed by atoms with Gasteiger partial charge in [0.05, 0.1) is 18.4 Å². The molecule has 1 aliphatic heterocycles. The van der Waals surface area contributed by atoms with Crippen LogP contribution in [0.25, 0.3) is 11.3 Å². The molecule has 2 N–H and O–H groups in total. The topological polar surface area (TPSA) is 56.8 Å². The number of nitrogens with one attached hydrogen (secondary N) is 2. The Balaban J connectivity index is 1.21. The Bertz CT molecular complexity index is 1030. The van der Waals surface area contributed by atoms with Gasteiger partial charge < -0.3 is 15.2 Å². The van der Waals surface area contributed by atoms with Crippen molar-refractivity contribution < 1.29 is 13.2 Å². The molecule has 2 aromatic heterocycles. The van der Waals surface area contributed by atoms with Crippen molar-refractivity contribution >= 4 is 5.82 Å². The molecule has 3 atom stereocenters. The number of imidazole rings is 1. The number of benzene rings is 1. The molecule has 1 saturated heterocycles. The lowest BCUT2D eigenvalue weighted by molar-refractivity contribution is -0.141. The van der Waals surface area contributed by atoms with E-state index in [-0.39, 0.29) is 0 Å². The standard InChI is InChI=1S/C23H24F3N5/c24-23(25,26)20-7-4-8-22(30-20)31-13-16-9-10-18(17(16)14-31)27-12-21-28-11-19(29-21)15-5-2-1-3-6-15/h1-8,11,16-18,27H,9-10,12-14H2,(H,28,29). The molecule has 162 valence electrons. The zero-order valence-electron chi connectivity index (χ0n) is 16.9. The Morgan fingerprint density at radius 2 is 1.87 bits per heavy atom. The number of halogens is 3. The molecule has 1 saturated carbocycles. The van der Waals surface area contributed by atoms with E-state index in [9.17, 15) is 13.2 Å². The van der Waals surface area contributed by atoms with E-state index in [0.717, 1.165) is 49.1 Å². The second-order valence-corrected chi connectivity index (χ2v) is 8.38. The van der Waals surface area contributed by atoms with Gasteiger partial charge in [0, 0.05) is 19.1 Å². The van der Waals surface area contributed by atoms with Crippen molar-refractivity contribution in [1.29, 1.82) is 0 Å². The summed E-state index contributed by atoms with van der Waals surface area (Å²) in [6.07, 6.45) is -0.422. The smallest absolute Gasteiger partial charge is 0.356 e. The number of hydrogen-bond donors (Lipinski definition) is 2.